The maximum atomic E-state index is 11.1. The molecule has 0 saturated carbocycles. The Labute approximate surface area is 112 Å². The Morgan fingerprint density at radius 3 is 2.58 bits per heavy atom. The molecule has 5 heteroatoms. The molecule has 0 radical (unpaired) electrons. The minimum absolute atomic E-state index is 0.343. The van der Waals surface area contributed by atoms with Crippen LogP contribution < -0.4 is 9.47 Å². The average molecular weight is 268 g/mol. The van der Waals surface area contributed by atoms with Gasteiger partial charge in [0.05, 0.1) is 13.2 Å². The number of carbonyl (C=O) groups is 1. The van der Waals surface area contributed by atoms with Gasteiger partial charge in [0.1, 0.15) is 11.5 Å². The van der Waals surface area contributed by atoms with Gasteiger partial charge in [0.25, 0.3) is 0 Å². The fraction of sp³-hybridized carbons (Fsp3) is 0.500. The highest BCUT2D eigenvalue weighted by molar-refractivity contribution is 5.72. The number of aliphatic carboxylic acids is 1. The standard InChI is InChI=1S/C14H20O5/c1-4-5-12(14(16)17)19-13-8-10(18-3)6-7-11(13)9(2)15/h6-9,12,15H,4-5H2,1-3H3,(H,16,17)/t9-,12?/m0/s1. The van der Waals surface area contributed by atoms with Crippen molar-refractivity contribution >= 4 is 5.97 Å². The normalized spacial score (nSPS) is 13.7. The van der Waals surface area contributed by atoms with Gasteiger partial charge in [-0.05, 0) is 25.5 Å². The van der Waals surface area contributed by atoms with E-state index in [2.05, 4.69) is 0 Å². The summed E-state index contributed by atoms with van der Waals surface area (Å²) < 4.78 is 10.6. The molecule has 0 spiro atoms. The summed E-state index contributed by atoms with van der Waals surface area (Å²) in [6.07, 6.45) is -0.553. The second-order valence-electron chi connectivity index (χ2n) is 4.31. The van der Waals surface area contributed by atoms with Crippen LogP contribution >= 0.6 is 0 Å². The molecule has 5 nitrogen and oxygen atoms in total. The number of hydrogen-bond acceptors (Lipinski definition) is 4. The van der Waals surface area contributed by atoms with Gasteiger partial charge in [-0.3, -0.25) is 0 Å². The van der Waals surface area contributed by atoms with Crippen LogP contribution in [0.25, 0.3) is 0 Å². The molecule has 0 bridgehead atoms. The summed E-state index contributed by atoms with van der Waals surface area (Å²) in [5.41, 5.74) is 0.545. The molecule has 0 aliphatic rings. The lowest BCUT2D eigenvalue weighted by molar-refractivity contribution is -0.145. The third-order valence-electron chi connectivity index (χ3n) is 2.77. The first-order chi connectivity index (χ1) is 8.99. The van der Waals surface area contributed by atoms with Gasteiger partial charge in [-0.2, -0.15) is 0 Å². The third-order valence-corrected chi connectivity index (χ3v) is 2.77. The predicted octanol–water partition coefficient (Wildman–Crippen LogP) is 2.38. The van der Waals surface area contributed by atoms with Gasteiger partial charge in [-0.1, -0.05) is 13.3 Å². The quantitative estimate of drug-likeness (QED) is 0.794. The van der Waals surface area contributed by atoms with Gasteiger partial charge >= 0.3 is 5.97 Å². The molecule has 0 heterocycles. The van der Waals surface area contributed by atoms with Crippen molar-refractivity contribution in [2.24, 2.45) is 0 Å². The fourth-order valence-corrected chi connectivity index (χ4v) is 1.74. The molecule has 0 aromatic heterocycles. The highest BCUT2D eigenvalue weighted by Crippen LogP contribution is 2.30. The van der Waals surface area contributed by atoms with Crippen molar-refractivity contribution in [2.45, 2.75) is 38.9 Å². The molecular formula is C14H20O5. The van der Waals surface area contributed by atoms with Crippen LogP contribution in [0.3, 0.4) is 0 Å². The average Bonchev–Trinajstić information content (AvgIpc) is 2.37. The highest BCUT2D eigenvalue weighted by atomic mass is 16.5. The lowest BCUT2D eigenvalue weighted by Gasteiger charge is -2.19. The van der Waals surface area contributed by atoms with Crippen molar-refractivity contribution < 1.29 is 24.5 Å². The van der Waals surface area contributed by atoms with E-state index >= 15 is 0 Å². The molecule has 1 aromatic carbocycles. The first-order valence-corrected chi connectivity index (χ1v) is 6.25. The molecule has 0 aliphatic carbocycles. The molecule has 0 amide bonds. The van der Waals surface area contributed by atoms with E-state index in [1.54, 1.807) is 25.1 Å². The van der Waals surface area contributed by atoms with Crippen LogP contribution in [0.2, 0.25) is 0 Å². The number of hydrogen-bond donors (Lipinski definition) is 2. The van der Waals surface area contributed by atoms with Crippen LogP contribution in [-0.4, -0.2) is 29.4 Å². The van der Waals surface area contributed by atoms with E-state index in [0.29, 0.717) is 29.9 Å². The minimum Gasteiger partial charge on any atom is -0.497 e. The van der Waals surface area contributed by atoms with Gasteiger partial charge < -0.3 is 19.7 Å². The zero-order valence-corrected chi connectivity index (χ0v) is 11.4. The Hall–Kier alpha value is -1.75. The maximum absolute atomic E-state index is 11.1. The van der Waals surface area contributed by atoms with Crippen LogP contribution in [0.1, 0.15) is 38.4 Å². The van der Waals surface area contributed by atoms with Crippen molar-refractivity contribution in [2.75, 3.05) is 7.11 Å². The van der Waals surface area contributed by atoms with E-state index in [1.807, 2.05) is 6.92 Å². The fourth-order valence-electron chi connectivity index (χ4n) is 1.74. The van der Waals surface area contributed by atoms with Gasteiger partial charge in [0.15, 0.2) is 6.10 Å². The number of aliphatic hydroxyl groups excluding tert-OH is 1. The molecule has 19 heavy (non-hydrogen) atoms. The lowest BCUT2D eigenvalue weighted by Crippen LogP contribution is -2.27. The summed E-state index contributed by atoms with van der Waals surface area (Å²) in [6, 6.07) is 4.96. The van der Waals surface area contributed by atoms with Crippen molar-refractivity contribution in [3.63, 3.8) is 0 Å². The van der Waals surface area contributed by atoms with Crippen LogP contribution in [0.15, 0.2) is 18.2 Å². The Kier molecular flexibility index (Phi) is 5.63. The van der Waals surface area contributed by atoms with E-state index in [-0.39, 0.29) is 0 Å². The molecule has 0 fully saturated rings. The molecule has 2 atom stereocenters. The molecule has 2 N–H and O–H groups in total. The summed E-state index contributed by atoms with van der Waals surface area (Å²) in [4.78, 5) is 11.1. The number of ether oxygens (including phenoxy) is 2. The monoisotopic (exact) mass is 268 g/mol. The number of benzene rings is 1. The predicted molar refractivity (Wildman–Crippen MR) is 70.6 cm³/mol. The van der Waals surface area contributed by atoms with E-state index in [4.69, 9.17) is 14.6 Å². The Morgan fingerprint density at radius 1 is 1.42 bits per heavy atom. The van der Waals surface area contributed by atoms with E-state index in [1.165, 1.54) is 7.11 Å². The van der Waals surface area contributed by atoms with Crippen molar-refractivity contribution in [3.05, 3.63) is 23.8 Å². The number of aliphatic hydroxyl groups is 1. The number of carboxylic acid groups (broad SMARTS) is 1. The molecule has 0 saturated heterocycles. The second kappa shape index (κ2) is 6.99. The molecule has 106 valence electrons. The zero-order valence-electron chi connectivity index (χ0n) is 11.4. The van der Waals surface area contributed by atoms with Gasteiger partial charge in [-0.15, -0.1) is 0 Å². The minimum atomic E-state index is -1.01. The van der Waals surface area contributed by atoms with Crippen molar-refractivity contribution in [1.82, 2.24) is 0 Å². The lowest BCUT2D eigenvalue weighted by atomic mass is 10.1. The molecule has 1 aromatic rings. The van der Waals surface area contributed by atoms with E-state index < -0.39 is 18.2 Å². The third kappa shape index (κ3) is 4.13. The Balaban J connectivity index is 3.04. The summed E-state index contributed by atoms with van der Waals surface area (Å²) in [6.45, 7) is 3.49. The number of carboxylic acids is 1. The number of rotatable bonds is 7. The molecular weight excluding hydrogens is 248 g/mol. The molecule has 1 unspecified atom stereocenters. The van der Waals surface area contributed by atoms with Crippen molar-refractivity contribution in [1.29, 1.82) is 0 Å². The molecule has 1 rings (SSSR count). The van der Waals surface area contributed by atoms with Crippen LogP contribution in [0.4, 0.5) is 0 Å². The second-order valence-corrected chi connectivity index (χ2v) is 4.31. The van der Waals surface area contributed by atoms with Crippen LogP contribution in [-0.2, 0) is 4.79 Å². The van der Waals surface area contributed by atoms with Crippen LogP contribution in [0, 0.1) is 0 Å². The van der Waals surface area contributed by atoms with Gasteiger partial charge in [0, 0.05) is 11.6 Å². The van der Waals surface area contributed by atoms with Crippen LogP contribution in [0.5, 0.6) is 11.5 Å². The topological polar surface area (TPSA) is 76.0 Å². The van der Waals surface area contributed by atoms with E-state index in [9.17, 15) is 9.90 Å². The van der Waals surface area contributed by atoms with E-state index in [0.717, 1.165) is 0 Å². The number of methoxy groups -OCH3 is 1. The summed E-state index contributed by atoms with van der Waals surface area (Å²) in [5, 5.41) is 18.8. The Morgan fingerprint density at radius 2 is 2.11 bits per heavy atom. The largest absolute Gasteiger partial charge is 0.497 e. The van der Waals surface area contributed by atoms with Crippen molar-refractivity contribution in [3.8, 4) is 11.5 Å². The zero-order chi connectivity index (χ0) is 14.4. The molecule has 0 aliphatic heterocycles. The maximum Gasteiger partial charge on any atom is 0.344 e. The van der Waals surface area contributed by atoms with Gasteiger partial charge in [-0.25, -0.2) is 4.79 Å². The summed E-state index contributed by atoms with van der Waals surface area (Å²) >= 11 is 0. The summed E-state index contributed by atoms with van der Waals surface area (Å²) in [5.74, 6) is -0.114. The smallest absolute Gasteiger partial charge is 0.344 e. The first-order valence-electron chi connectivity index (χ1n) is 6.25. The first kappa shape index (κ1) is 15.3. The Bertz CT molecular complexity index is 428. The summed E-state index contributed by atoms with van der Waals surface area (Å²) in [7, 11) is 1.52. The highest BCUT2D eigenvalue weighted by Gasteiger charge is 2.21. The SMILES string of the molecule is CCCC(Oc1cc(OC)ccc1[C@H](C)O)C(=O)O. The van der Waals surface area contributed by atoms with Gasteiger partial charge in [0.2, 0.25) is 0 Å².